The highest BCUT2D eigenvalue weighted by Gasteiger charge is 2.20. The summed E-state index contributed by atoms with van der Waals surface area (Å²) >= 11 is 0. The smallest absolute Gasteiger partial charge is 0.222 e. The van der Waals surface area contributed by atoms with Gasteiger partial charge in [0.1, 0.15) is 12.7 Å². The highest BCUT2D eigenvalue weighted by Crippen LogP contribution is 2.33. The normalized spacial score (nSPS) is 14.3. The highest BCUT2D eigenvalue weighted by molar-refractivity contribution is 5.76. The summed E-state index contributed by atoms with van der Waals surface area (Å²) in [6.45, 7) is 2.54. The maximum atomic E-state index is 12.6. The predicted molar refractivity (Wildman–Crippen MR) is 87.8 cm³/mol. The summed E-state index contributed by atoms with van der Waals surface area (Å²) in [6, 6.07) is 5.79. The first-order valence-electron chi connectivity index (χ1n) is 8.17. The lowest BCUT2D eigenvalue weighted by Crippen LogP contribution is -2.33. The van der Waals surface area contributed by atoms with E-state index >= 15 is 0 Å². The van der Waals surface area contributed by atoms with Gasteiger partial charge in [-0.1, -0.05) is 12.1 Å². The Morgan fingerprint density at radius 3 is 3.12 bits per heavy atom. The van der Waals surface area contributed by atoms with Gasteiger partial charge in [0.25, 0.3) is 0 Å². The molecule has 0 saturated carbocycles. The first-order valence-corrected chi connectivity index (χ1v) is 8.17. The number of fused-ring (bicyclic) bond motifs is 1. The number of rotatable bonds is 5. The Balaban J connectivity index is 1.63. The van der Waals surface area contributed by atoms with Crippen molar-refractivity contribution in [3.05, 3.63) is 36.4 Å². The SMILES string of the molecule is COc1cccc2c1OCCCN(C(=O)CCCn1cncn1)C2. The number of carbonyl (C=O) groups is 1. The van der Waals surface area contributed by atoms with Crippen LogP contribution in [0.4, 0.5) is 0 Å². The number of carbonyl (C=O) groups excluding carboxylic acids is 1. The minimum atomic E-state index is 0.158. The molecule has 1 aromatic carbocycles. The molecule has 0 aliphatic carbocycles. The second kappa shape index (κ2) is 7.81. The van der Waals surface area contributed by atoms with E-state index in [4.69, 9.17) is 9.47 Å². The van der Waals surface area contributed by atoms with Crippen molar-refractivity contribution in [1.29, 1.82) is 0 Å². The second-order valence-electron chi connectivity index (χ2n) is 5.73. The minimum Gasteiger partial charge on any atom is -0.493 e. The van der Waals surface area contributed by atoms with Gasteiger partial charge in [-0.25, -0.2) is 4.98 Å². The number of nitrogens with zero attached hydrogens (tertiary/aromatic N) is 4. The van der Waals surface area contributed by atoms with Crippen molar-refractivity contribution in [2.75, 3.05) is 20.3 Å². The first-order chi connectivity index (χ1) is 11.8. The van der Waals surface area contributed by atoms with E-state index in [1.54, 1.807) is 18.1 Å². The number of benzene rings is 1. The van der Waals surface area contributed by atoms with Crippen molar-refractivity contribution in [2.45, 2.75) is 32.4 Å². The Morgan fingerprint density at radius 2 is 2.33 bits per heavy atom. The lowest BCUT2D eigenvalue weighted by Gasteiger charge is -2.27. The zero-order valence-electron chi connectivity index (χ0n) is 13.9. The van der Waals surface area contributed by atoms with Crippen LogP contribution in [0.1, 0.15) is 24.8 Å². The van der Waals surface area contributed by atoms with Gasteiger partial charge in [-0.05, 0) is 18.9 Å². The van der Waals surface area contributed by atoms with Crippen LogP contribution in [0, 0.1) is 0 Å². The van der Waals surface area contributed by atoms with E-state index < -0.39 is 0 Å². The number of amides is 1. The summed E-state index contributed by atoms with van der Waals surface area (Å²) < 4.78 is 12.9. The van der Waals surface area contributed by atoms with Crippen LogP contribution < -0.4 is 9.47 Å². The third-order valence-electron chi connectivity index (χ3n) is 4.06. The molecule has 1 aliphatic heterocycles. The van der Waals surface area contributed by atoms with Crippen LogP contribution in [-0.2, 0) is 17.9 Å². The molecule has 7 heteroatoms. The van der Waals surface area contributed by atoms with Crippen molar-refractivity contribution in [3.63, 3.8) is 0 Å². The first kappa shape index (κ1) is 16.3. The summed E-state index contributed by atoms with van der Waals surface area (Å²) in [4.78, 5) is 18.4. The van der Waals surface area contributed by atoms with Crippen LogP contribution >= 0.6 is 0 Å². The largest absolute Gasteiger partial charge is 0.493 e. The molecular weight excluding hydrogens is 308 g/mol. The molecule has 1 aliphatic rings. The maximum absolute atomic E-state index is 12.6. The lowest BCUT2D eigenvalue weighted by molar-refractivity contribution is -0.132. The van der Waals surface area contributed by atoms with Crippen LogP contribution in [0.15, 0.2) is 30.9 Å². The van der Waals surface area contributed by atoms with Gasteiger partial charge in [-0.2, -0.15) is 5.10 Å². The molecule has 7 nitrogen and oxygen atoms in total. The quantitative estimate of drug-likeness (QED) is 0.837. The summed E-state index contributed by atoms with van der Waals surface area (Å²) in [5.41, 5.74) is 0.985. The van der Waals surface area contributed by atoms with Gasteiger partial charge in [0.15, 0.2) is 11.5 Å². The van der Waals surface area contributed by atoms with Gasteiger partial charge in [0.2, 0.25) is 5.91 Å². The Bertz CT molecular complexity index is 672. The Labute approximate surface area is 141 Å². The summed E-state index contributed by atoms with van der Waals surface area (Å²) in [5, 5.41) is 4.05. The fourth-order valence-electron chi connectivity index (χ4n) is 2.84. The summed E-state index contributed by atoms with van der Waals surface area (Å²) in [7, 11) is 1.63. The predicted octanol–water partition coefficient (Wildman–Crippen LogP) is 1.88. The third kappa shape index (κ3) is 3.84. The summed E-state index contributed by atoms with van der Waals surface area (Å²) in [6.07, 6.45) is 5.23. The minimum absolute atomic E-state index is 0.158. The Hall–Kier alpha value is -2.57. The zero-order valence-corrected chi connectivity index (χ0v) is 13.9. The van der Waals surface area contributed by atoms with Crippen molar-refractivity contribution < 1.29 is 14.3 Å². The molecule has 0 N–H and O–H groups in total. The lowest BCUT2D eigenvalue weighted by atomic mass is 10.1. The number of hydrogen-bond acceptors (Lipinski definition) is 5. The number of aromatic nitrogens is 3. The fourth-order valence-corrected chi connectivity index (χ4v) is 2.84. The van der Waals surface area contributed by atoms with Gasteiger partial charge in [0, 0.05) is 31.6 Å². The van der Waals surface area contributed by atoms with E-state index in [0.717, 1.165) is 24.2 Å². The van der Waals surface area contributed by atoms with E-state index in [-0.39, 0.29) is 5.91 Å². The van der Waals surface area contributed by atoms with Crippen LogP contribution in [0.25, 0.3) is 0 Å². The average Bonchev–Trinajstić information content (AvgIpc) is 3.08. The maximum Gasteiger partial charge on any atom is 0.222 e. The number of methoxy groups -OCH3 is 1. The molecule has 3 rings (SSSR count). The molecule has 0 unspecified atom stereocenters. The molecule has 0 spiro atoms. The number of para-hydroxylation sites is 1. The third-order valence-corrected chi connectivity index (χ3v) is 4.06. The van der Waals surface area contributed by atoms with Crippen molar-refractivity contribution >= 4 is 5.91 Å². The van der Waals surface area contributed by atoms with E-state index in [0.29, 0.717) is 38.4 Å². The number of hydrogen-bond donors (Lipinski definition) is 0. The Kier molecular flexibility index (Phi) is 5.30. The number of ether oxygens (including phenoxy) is 2. The van der Waals surface area contributed by atoms with Crippen LogP contribution in [0.5, 0.6) is 11.5 Å². The van der Waals surface area contributed by atoms with Gasteiger partial charge in [-0.15, -0.1) is 0 Å². The molecule has 0 radical (unpaired) electrons. The molecule has 128 valence electrons. The van der Waals surface area contributed by atoms with E-state index in [9.17, 15) is 4.79 Å². The average molecular weight is 330 g/mol. The monoisotopic (exact) mass is 330 g/mol. The van der Waals surface area contributed by atoms with Crippen molar-refractivity contribution in [3.8, 4) is 11.5 Å². The highest BCUT2D eigenvalue weighted by atomic mass is 16.5. The molecule has 24 heavy (non-hydrogen) atoms. The van der Waals surface area contributed by atoms with Crippen molar-refractivity contribution in [1.82, 2.24) is 19.7 Å². The van der Waals surface area contributed by atoms with E-state index in [1.165, 1.54) is 6.33 Å². The molecule has 0 saturated heterocycles. The molecule has 2 aromatic rings. The van der Waals surface area contributed by atoms with Crippen LogP contribution in [0.3, 0.4) is 0 Å². The van der Waals surface area contributed by atoms with Gasteiger partial charge < -0.3 is 14.4 Å². The standard InChI is InChI=1S/C17H22N4O3/c1-23-15-6-2-5-14-11-20(8-4-10-24-17(14)15)16(22)7-3-9-21-13-18-12-19-21/h2,5-6,12-13H,3-4,7-11H2,1H3. The van der Waals surface area contributed by atoms with Crippen LogP contribution in [-0.4, -0.2) is 45.8 Å². The Morgan fingerprint density at radius 1 is 1.42 bits per heavy atom. The van der Waals surface area contributed by atoms with Crippen molar-refractivity contribution in [2.24, 2.45) is 0 Å². The molecule has 1 amide bonds. The molecule has 1 aromatic heterocycles. The fraction of sp³-hybridized carbons (Fsp3) is 0.471. The molecule has 0 fully saturated rings. The molecule has 0 bridgehead atoms. The van der Waals surface area contributed by atoms with Gasteiger partial charge in [-0.3, -0.25) is 9.48 Å². The molecule has 0 atom stereocenters. The van der Waals surface area contributed by atoms with Crippen LogP contribution in [0.2, 0.25) is 0 Å². The zero-order chi connectivity index (χ0) is 16.8. The molecule has 2 heterocycles. The van der Waals surface area contributed by atoms with Gasteiger partial charge in [0.05, 0.1) is 13.7 Å². The van der Waals surface area contributed by atoms with E-state index in [1.807, 2.05) is 23.1 Å². The second-order valence-corrected chi connectivity index (χ2v) is 5.73. The number of aryl methyl sites for hydroxylation is 1. The molecular formula is C17H22N4O3. The van der Waals surface area contributed by atoms with Gasteiger partial charge >= 0.3 is 0 Å². The topological polar surface area (TPSA) is 69.5 Å². The van der Waals surface area contributed by atoms with E-state index in [2.05, 4.69) is 10.1 Å². The summed E-state index contributed by atoms with van der Waals surface area (Å²) in [5.74, 6) is 1.62.